The summed E-state index contributed by atoms with van der Waals surface area (Å²) in [6, 6.07) is 14.9. The van der Waals surface area contributed by atoms with Crippen LogP contribution in [0.15, 0.2) is 54.7 Å². The first-order valence-corrected chi connectivity index (χ1v) is 8.70. The number of anilines is 3. The summed E-state index contributed by atoms with van der Waals surface area (Å²) in [4.78, 5) is 16.3. The first-order chi connectivity index (χ1) is 13.7. The molecule has 8 nitrogen and oxygen atoms in total. The number of nitrogens with zero attached hydrogens (tertiary/aromatic N) is 3. The zero-order chi connectivity index (χ0) is 19.8. The fourth-order valence-corrected chi connectivity index (χ4v) is 2.61. The molecule has 0 aliphatic carbocycles. The highest BCUT2D eigenvalue weighted by molar-refractivity contribution is 5.96. The van der Waals surface area contributed by atoms with Gasteiger partial charge in [-0.2, -0.15) is 10.1 Å². The van der Waals surface area contributed by atoms with Crippen molar-refractivity contribution >= 4 is 23.4 Å². The molecular weight excluding hydrogens is 358 g/mol. The van der Waals surface area contributed by atoms with E-state index >= 15 is 0 Å². The van der Waals surface area contributed by atoms with E-state index in [4.69, 9.17) is 9.47 Å². The van der Waals surface area contributed by atoms with E-state index in [-0.39, 0.29) is 5.95 Å². The van der Waals surface area contributed by atoms with E-state index in [9.17, 15) is 4.79 Å². The Morgan fingerprint density at radius 1 is 1.11 bits per heavy atom. The maximum absolute atomic E-state index is 11.9. The largest absolute Gasteiger partial charge is 0.497 e. The van der Waals surface area contributed by atoms with Gasteiger partial charge in [-0.05, 0) is 36.2 Å². The number of benzene rings is 2. The van der Waals surface area contributed by atoms with Crippen molar-refractivity contribution in [2.75, 3.05) is 31.4 Å². The van der Waals surface area contributed by atoms with E-state index in [1.807, 2.05) is 24.3 Å². The number of rotatable bonds is 8. The van der Waals surface area contributed by atoms with Crippen LogP contribution in [0, 0.1) is 0 Å². The minimum atomic E-state index is -0.441. The van der Waals surface area contributed by atoms with Crippen molar-refractivity contribution < 1.29 is 14.3 Å². The van der Waals surface area contributed by atoms with Crippen LogP contribution in [-0.4, -0.2) is 41.9 Å². The van der Waals surface area contributed by atoms with Crippen LogP contribution in [-0.2, 0) is 11.2 Å². The van der Waals surface area contributed by atoms with Crippen LogP contribution in [0.2, 0.25) is 0 Å². The highest BCUT2D eigenvalue weighted by Gasteiger charge is 2.12. The van der Waals surface area contributed by atoms with Gasteiger partial charge in [-0.25, -0.2) is 4.79 Å². The van der Waals surface area contributed by atoms with E-state index in [0.29, 0.717) is 23.6 Å². The standard InChI is InChI=1S/C20H21N5O3/c1-27-15-7-5-6-14(12-15)10-11-21-18-13-22-25-20(24-18)23-17-9-4-3-8-16(17)19(26)28-2/h3-9,12-13H,10-11H2,1-2H3,(H2,21,23,24,25). The molecule has 2 aromatic carbocycles. The first-order valence-electron chi connectivity index (χ1n) is 8.70. The number of carbonyl (C=O) groups is 1. The van der Waals surface area contributed by atoms with E-state index in [0.717, 1.165) is 17.7 Å². The molecule has 144 valence electrons. The van der Waals surface area contributed by atoms with Gasteiger partial charge in [0, 0.05) is 6.54 Å². The van der Waals surface area contributed by atoms with E-state index in [1.165, 1.54) is 7.11 Å². The molecule has 0 aliphatic rings. The van der Waals surface area contributed by atoms with Crippen LogP contribution in [0.3, 0.4) is 0 Å². The van der Waals surface area contributed by atoms with Crippen molar-refractivity contribution in [1.82, 2.24) is 15.2 Å². The van der Waals surface area contributed by atoms with Gasteiger partial charge >= 0.3 is 5.97 Å². The molecule has 0 saturated carbocycles. The molecule has 0 unspecified atom stereocenters. The highest BCUT2D eigenvalue weighted by Crippen LogP contribution is 2.19. The SMILES string of the molecule is COC(=O)c1ccccc1Nc1nncc(NCCc2cccc(OC)c2)n1. The van der Waals surface area contributed by atoms with Crippen molar-refractivity contribution in [2.45, 2.75) is 6.42 Å². The lowest BCUT2D eigenvalue weighted by Gasteiger charge is -2.10. The van der Waals surface area contributed by atoms with Gasteiger partial charge in [-0.3, -0.25) is 0 Å². The number of ether oxygens (including phenoxy) is 2. The summed E-state index contributed by atoms with van der Waals surface area (Å²) in [7, 11) is 2.99. The molecule has 28 heavy (non-hydrogen) atoms. The average Bonchev–Trinajstić information content (AvgIpc) is 2.74. The Kier molecular flexibility index (Phi) is 6.35. The molecule has 1 aromatic heterocycles. The van der Waals surface area contributed by atoms with Gasteiger partial charge in [0.25, 0.3) is 0 Å². The van der Waals surface area contributed by atoms with Crippen molar-refractivity contribution in [2.24, 2.45) is 0 Å². The maximum Gasteiger partial charge on any atom is 0.339 e. The third kappa shape index (κ3) is 4.94. The number of hydrogen-bond donors (Lipinski definition) is 2. The fourth-order valence-electron chi connectivity index (χ4n) is 2.61. The fraction of sp³-hybridized carbons (Fsp3) is 0.200. The Hall–Kier alpha value is -3.68. The molecule has 2 N–H and O–H groups in total. The Balaban J connectivity index is 1.64. The summed E-state index contributed by atoms with van der Waals surface area (Å²) in [5.74, 6) is 1.25. The smallest absolute Gasteiger partial charge is 0.339 e. The highest BCUT2D eigenvalue weighted by atomic mass is 16.5. The molecule has 8 heteroatoms. The normalized spacial score (nSPS) is 10.2. The Labute approximate surface area is 162 Å². The van der Waals surface area contributed by atoms with Gasteiger partial charge < -0.3 is 20.1 Å². The summed E-state index contributed by atoms with van der Waals surface area (Å²) < 4.78 is 10.0. The van der Waals surface area contributed by atoms with E-state index in [2.05, 4.69) is 25.8 Å². The van der Waals surface area contributed by atoms with E-state index in [1.54, 1.807) is 37.6 Å². The predicted molar refractivity (Wildman–Crippen MR) is 106 cm³/mol. The first kappa shape index (κ1) is 19.1. The summed E-state index contributed by atoms with van der Waals surface area (Å²) >= 11 is 0. The molecule has 0 saturated heterocycles. The monoisotopic (exact) mass is 379 g/mol. The molecule has 0 bridgehead atoms. The van der Waals surface area contributed by atoms with Crippen molar-refractivity contribution in [3.63, 3.8) is 0 Å². The van der Waals surface area contributed by atoms with Gasteiger partial charge in [0.2, 0.25) is 5.95 Å². The maximum atomic E-state index is 11.9. The van der Waals surface area contributed by atoms with Gasteiger partial charge in [-0.15, -0.1) is 5.10 Å². The number of aromatic nitrogens is 3. The summed E-state index contributed by atoms with van der Waals surface area (Å²) in [6.07, 6.45) is 2.35. The molecule has 0 fully saturated rings. The molecule has 3 rings (SSSR count). The predicted octanol–water partition coefficient (Wildman–Crippen LogP) is 3.07. The molecular formula is C20H21N5O3. The molecule has 0 aliphatic heterocycles. The molecule has 3 aromatic rings. The van der Waals surface area contributed by atoms with Crippen molar-refractivity contribution in [1.29, 1.82) is 0 Å². The van der Waals surface area contributed by atoms with Gasteiger partial charge in [0.05, 0.1) is 31.7 Å². The second-order valence-electron chi connectivity index (χ2n) is 5.86. The van der Waals surface area contributed by atoms with Crippen LogP contribution in [0.25, 0.3) is 0 Å². The number of para-hydroxylation sites is 1. The van der Waals surface area contributed by atoms with Crippen LogP contribution in [0.1, 0.15) is 15.9 Å². The van der Waals surface area contributed by atoms with Crippen LogP contribution >= 0.6 is 0 Å². The Bertz CT molecular complexity index is 948. The number of nitrogens with one attached hydrogen (secondary N) is 2. The minimum Gasteiger partial charge on any atom is -0.497 e. The van der Waals surface area contributed by atoms with Crippen LogP contribution in [0.4, 0.5) is 17.5 Å². The lowest BCUT2D eigenvalue weighted by molar-refractivity contribution is 0.0602. The molecule has 0 radical (unpaired) electrons. The topological polar surface area (TPSA) is 98.3 Å². The number of hydrogen-bond acceptors (Lipinski definition) is 8. The lowest BCUT2D eigenvalue weighted by atomic mass is 10.1. The second-order valence-corrected chi connectivity index (χ2v) is 5.86. The minimum absolute atomic E-state index is 0.280. The average molecular weight is 379 g/mol. The quantitative estimate of drug-likeness (QED) is 0.576. The molecule has 1 heterocycles. The summed E-state index contributed by atoms with van der Waals surface area (Å²) in [5, 5.41) is 14.2. The third-order valence-corrected chi connectivity index (χ3v) is 3.99. The Morgan fingerprint density at radius 2 is 1.96 bits per heavy atom. The van der Waals surface area contributed by atoms with E-state index < -0.39 is 5.97 Å². The van der Waals surface area contributed by atoms with Crippen molar-refractivity contribution in [3.05, 3.63) is 65.9 Å². The molecule has 0 spiro atoms. The zero-order valence-electron chi connectivity index (χ0n) is 15.7. The second kappa shape index (κ2) is 9.31. The molecule has 0 amide bonds. The third-order valence-electron chi connectivity index (χ3n) is 3.99. The number of methoxy groups -OCH3 is 2. The Morgan fingerprint density at radius 3 is 2.79 bits per heavy atom. The number of esters is 1. The van der Waals surface area contributed by atoms with Gasteiger partial charge in [0.15, 0.2) is 5.82 Å². The lowest BCUT2D eigenvalue weighted by Crippen LogP contribution is -2.10. The summed E-state index contributed by atoms with van der Waals surface area (Å²) in [6.45, 7) is 0.671. The summed E-state index contributed by atoms with van der Waals surface area (Å²) in [5.41, 5.74) is 2.09. The van der Waals surface area contributed by atoms with Crippen LogP contribution in [0.5, 0.6) is 5.75 Å². The van der Waals surface area contributed by atoms with Crippen LogP contribution < -0.4 is 15.4 Å². The van der Waals surface area contributed by atoms with Crippen molar-refractivity contribution in [3.8, 4) is 5.75 Å². The van der Waals surface area contributed by atoms with Gasteiger partial charge in [0.1, 0.15) is 5.75 Å². The zero-order valence-corrected chi connectivity index (χ0v) is 15.7. The van der Waals surface area contributed by atoms with Gasteiger partial charge in [-0.1, -0.05) is 24.3 Å². The number of carbonyl (C=O) groups excluding carboxylic acids is 1. The molecule has 0 atom stereocenters.